The zero-order valence-corrected chi connectivity index (χ0v) is 11.8. The van der Waals surface area contributed by atoms with Gasteiger partial charge < -0.3 is 10.8 Å². The molecule has 104 valence electrons. The molecular weight excluding hydrogens is 314 g/mol. The van der Waals surface area contributed by atoms with Gasteiger partial charge in [-0.1, -0.05) is 15.9 Å². The van der Waals surface area contributed by atoms with E-state index in [2.05, 4.69) is 20.9 Å². The van der Waals surface area contributed by atoms with Crippen molar-refractivity contribution in [2.45, 2.75) is 24.9 Å². The first-order chi connectivity index (χ1) is 9.06. The second-order valence-electron chi connectivity index (χ2n) is 4.78. The SMILES string of the molecule is NC1CC(n2cc(/C=C/Br)c(=O)[nH]c2=O)CC1CO. The van der Waals surface area contributed by atoms with Gasteiger partial charge in [-0.05, 0) is 29.8 Å². The molecule has 0 saturated heterocycles. The molecule has 0 radical (unpaired) electrons. The zero-order chi connectivity index (χ0) is 14.0. The number of hydrogen-bond acceptors (Lipinski definition) is 4. The number of aliphatic hydroxyl groups excluding tert-OH is 1. The van der Waals surface area contributed by atoms with Gasteiger partial charge in [-0.3, -0.25) is 14.3 Å². The minimum absolute atomic E-state index is 0.000930. The number of nitrogens with two attached hydrogens (primary N) is 1. The average molecular weight is 330 g/mol. The van der Waals surface area contributed by atoms with E-state index in [-0.39, 0.29) is 24.6 Å². The second-order valence-corrected chi connectivity index (χ2v) is 5.30. The molecule has 3 unspecified atom stereocenters. The fourth-order valence-corrected chi connectivity index (χ4v) is 2.81. The molecule has 3 atom stereocenters. The summed E-state index contributed by atoms with van der Waals surface area (Å²) >= 11 is 3.10. The lowest BCUT2D eigenvalue weighted by Gasteiger charge is -2.13. The molecule has 0 bridgehead atoms. The Labute approximate surface area is 118 Å². The maximum Gasteiger partial charge on any atom is 0.328 e. The number of hydrogen-bond donors (Lipinski definition) is 3. The van der Waals surface area contributed by atoms with Crippen molar-refractivity contribution in [2.75, 3.05) is 6.61 Å². The number of H-pyrrole nitrogens is 1. The van der Waals surface area contributed by atoms with Crippen molar-refractivity contribution in [3.05, 3.63) is 37.6 Å². The number of halogens is 1. The highest BCUT2D eigenvalue weighted by Gasteiger charge is 2.32. The van der Waals surface area contributed by atoms with Crippen LogP contribution in [0.3, 0.4) is 0 Å². The predicted octanol–water partition coefficient (Wildman–Crippen LogP) is 0.173. The van der Waals surface area contributed by atoms with E-state index in [1.807, 2.05) is 0 Å². The molecule has 1 heterocycles. The van der Waals surface area contributed by atoms with Gasteiger partial charge in [0.2, 0.25) is 0 Å². The van der Waals surface area contributed by atoms with Gasteiger partial charge in [0.25, 0.3) is 5.56 Å². The van der Waals surface area contributed by atoms with E-state index in [4.69, 9.17) is 5.73 Å². The van der Waals surface area contributed by atoms with Crippen LogP contribution >= 0.6 is 15.9 Å². The van der Waals surface area contributed by atoms with Crippen molar-refractivity contribution >= 4 is 22.0 Å². The summed E-state index contributed by atoms with van der Waals surface area (Å²) in [6, 6.07) is -0.206. The molecule has 0 aliphatic heterocycles. The van der Waals surface area contributed by atoms with E-state index >= 15 is 0 Å². The van der Waals surface area contributed by atoms with Crippen molar-refractivity contribution in [3.63, 3.8) is 0 Å². The molecule has 1 aromatic rings. The summed E-state index contributed by atoms with van der Waals surface area (Å²) in [6.45, 7) is 0.0178. The quantitative estimate of drug-likeness (QED) is 0.735. The first-order valence-electron chi connectivity index (χ1n) is 6.05. The summed E-state index contributed by atoms with van der Waals surface area (Å²) in [6.07, 6.45) is 4.37. The molecule has 7 heteroatoms. The third-order valence-electron chi connectivity index (χ3n) is 3.59. The van der Waals surface area contributed by atoms with Crippen LogP contribution in [-0.2, 0) is 0 Å². The molecule has 1 aromatic heterocycles. The van der Waals surface area contributed by atoms with E-state index in [1.54, 1.807) is 11.1 Å². The maximum atomic E-state index is 11.9. The standard InChI is InChI=1S/C12H16BrN3O3/c13-2-1-7-5-16(12(19)15-11(7)18)9-3-8(6-17)10(14)4-9/h1-2,5,8-10,17H,3-4,6,14H2,(H,15,18,19)/b2-1+. The van der Waals surface area contributed by atoms with Crippen LogP contribution in [0.2, 0.25) is 0 Å². The smallest absolute Gasteiger partial charge is 0.328 e. The Morgan fingerprint density at radius 3 is 2.84 bits per heavy atom. The van der Waals surface area contributed by atoms with E-state index < -0.39 is 11.2 Å². The van der Waals surface area contributed by atoms with E-state index in [0.717, 1.165) is 0 Å². The molecule has 0 amide bonds. The van der Waals surface area contributed by atoms with Crippen molar-refractivity contribution in [1.29, 1.82) is 0 Å². The number of aromatic amines is 1. The summed E-state index contributed by atoms with van der Waals surface area (Å²) in [7, 11) is 0. The van der Waals surface area contributed by atoms with Gasteiger partial charge in [0, 0.05) is 24.9 Å². The molecule has 1 fully saturated rings. The maximum absolute atomic E-state index is 11.9. The number of rotatable bonds is 3. The number of aromatic nitrogens is 2. The van der Waals surface area contributed by atoms with Crippen LogP contribution in [0.5, 0.6) is 0 Å². The van der Waals surface area contributed by atoms with Crippen molar-refractivity contribution in [3.8, 4) is 0 Å². The Morgan fingerprint density at radius 2 is 2.26 bits per heavy atom. The Hall–Kier alpha value is -1.18. The Bertz CT molecular complexity index is 593. The average Bonchev–Trinajstić information content (AvgIpc) is 2.74. The van der Waals surface area contributed by atoms with E-state index in [0.29, 0.717) is 18.4 Å². The lowest BCUT2D eigenvalue weighted by atomic mass is 10.1. The first kappa shape index (κ1) is 14.2. The summed E-state index contributed by atoms with van der Waals surface area (Å²) < 4.78 is 1.50. The summed E-state index contributed by atoms with van der Waals surface area (Å²) in [4.78, 5) is 27.3. The van der Waals surface area contributed by atoms with Crippen LogP contribution in [0.15, 0.2) is 20.8 Å². The summed E-state index contributed by atoms with van der Waals surface area (Å²) in [5.74, 6) is -0.000930. The van der Waals surface area contributed by atoms with Gasteiger partial charge in [0.1, 0.15) is 0 Å². The van der Waals surface area contributed by atoms with Crippen LogP contribution in [0, 0.1) is 5.92 Å². The molecule has 2 rings (SSSR count). The lowest BCUT2D eigenvalue weighted by molar-refractivity contribution is 0.215. The van der Waals surface area contributed by atoms with Gasteiger partial charge in [0.05, 0.1) is 5.56 Å². The van der Waals surface area contributed by atoms with Crippen molar-refractivity contribution in [2.24, 2.45) is 11.7 Å². The molecule has 4 N–H and O–H groups in total. The topological polar surface area (TPSA) is 101 Å². The highest BCUT2D eigenvalue weighted by atomic mass is 79.9. The highest BCUT2D eigenvalue weighted by Crippen LogP contribution is 2.32. The summed E-state index contributed by atoms with van der Waals surface area (Å²) in [5, 5.41) is 9.21. The number of nitrogens with zero attached hydrogens (tertiary/aromatic N) is 1. The third kappa shape index (κ3) is 2.88. The largest absolute Gasteiger partial charge is 0.396 e. The Balaban J connectivity index is 2.38. The first-order valence-corrected chi connectivity index (χ1v) is 6.97. The molecule has 1 aliphatic carbocycles. The lowest BCUT2D eigenvalue weighted by Crippen LogP contribution is -2.33. The van der Waals surface area contributed by atoms with Gasteiger partial charge in [-0.15, -0.1) is 0 Å². The number of nitrogens with one attached hydrogen (secondary N) is 1. The zero-order valence-electron chi connectivity index (χ0n) is 10.3. The van der Waals surface area contributed by atoms with Gasteiger partial charge in [-0.2, -0.15) is 0 Å². The van der Waals surface area contributed by atoms with Gasteiger partial charge >= 0.3 is 5.69 Å². The second kappa shape index (κ2) is 5.85. The highest BCUT2D eigenvalue weighted by molar-refractivity contribution is 9.11. The minimum Gasteiger partial charge on any atom is -0.396 e. The molecule has 6 nitrogen and oxygen atoms in total. The van der Waals surface area contributed by atoms with Gasteiger partial charge in [0.15, 0.2) is 0 Å². The molecule has 0 spiro atoms. The van der Waals surface area contributed by atoms with Crippen LogP contribution in [-0.4, -0.2) is 27.3 Å². The number of aliphatic hydroxyl groups is 1. The minimum atomic E-state index is -0.437. The fraction of sp³-hybridized carbons (Fsp3) is 0.500. The monoisotopic (exact) mass is 329 g/mol. The Kier molecular flexibility index (Phi) is 4.38. The summed E-state index contributed by atoms with van der Waals surface area (Å²) in [5.41, 5.74) is 5.47. The molecule has 1 aliphatic rings. The van der Waals surface area contributed by atoms with E-state index in [1.165, 1.54) is 10.8 Å². The van der Waals surface area contributed by atoms with Crippen LogP contribution in [0.4, 0.5) is 0 Å². The van der Waals surface area contributed by atoms with Crippen LogP contribution in [0.25, 0.3) is 6.08 Å². The van der Waals surface area contributed by atoms with Gasteiger partial charge in [-0.25, -0.2) is 4.79 Å². The van der Waals surface area contributed by atoms with E-state index in [9.17, 15) is 14.7 Å². The molecular formula is C12H16BrN3O3. The third-order valence-corrected chi connectivity index (χ3v) is 3.85. The van der Waals surface area contributed by atoms with Crippen LogP contribution in [0.1, 0.15) is 24.4 Å². The van der Waals surface area contributed by atoms with Crippen LogP contribution < -0.4 is 17.0 Å². The normalized spacial score (nSPS) is 27.2. The van der Waals surface area contributed by atoms with Crippen molar-refractivity contribution < 1.29 is 5.11 Å². The fourth-order valence-electron chi connectivity index (χ4n) is 2.52. The Morgan fingerprint density at radius 1 is 1.53 bits per heavy atom. The van der Waals surface area contributed by atoms with Crippen molar-refractivity contribution in [1.82, 2.24) is 9.55 Å². The molecule has 19 heavy (non-hydrogen) atoms. The molecule has 0 aromatic carbocycles. The predicted molar refractivity (Wildman–Crippen MR) is 76.1 cm³/mol. The molecule has 1 saturated carbocycles.